The molecule has 0 atom stereocenters. The van der Waals surface area contributed by atoms with Crippen LogP contribution in [0.25, 0.3) is 0 Å². The van der Waals surface area contributed by atoms with E-state index in [4.69, 9.17) is 23.8 Å². The van der Waals surface area contributed by atoms with Gasteiger partial charge in [-0.25, -0.2) is 4.98 Å². The molecular weight excluding hydrogens is 404 g/mol. The van der Waals surface area contributed by atoms with Crippen molar-refractivity contribution in [3.63, 3.8) is 0 Å². The molecule has 0 saturated carbocycles. The van der Waals surface area contributed by atoms with Gasteiger partial charge >= 0.3 is 0 Å². The van der Waals surface area contributed by atoms with E-state index < -0.39 is 0 Å². The van der Waals surface area contributed by atoms with Crippen LogP contribution in [-0.2, 0) is 0 Å². The molecule has 5 heteroatoms. The van der Waals surface area contributed by atoms with Crippen LogP contribution in [0.3, 0.4) is 0 Å². The summed E-state index contributed by atoms with van der Waals surface area (Å²) < 4.78 is 0.889. The van der Waals surface area contributed by atoms with Crippen LogP contribution in [0, 0.1) is 6.92 Å². The Labute approximate surface area is 160 Å². The minimum Gasteiger partial charge on any atom is -0.339 e. The molecule has 3 rings (SSSR count). The van der Waals surface area contributed by atoms with Crippen LogP contribution >= 0.6 is 39.7 Å². The zero-order valence-corrected chi connectivity index (χ0v) is 16.0. The lowest BCUT2D eigenvalue weighted by Gasteiger charge is -2.12. The third-order valence-electron chi connectivity index (χ3n) is 3.62. The molecule has 24 heavy (non-hydrogen) atoms. The van der Waals surface area contributed by atoms with E-state index in [9.17, 15) is 0 Å². The summed E-state index contributed by atoms with van der Waals surface area (Å²) in [6, 6.07) is 17.6. The first-order valence-corrected chi connectivity index (χ1v) is 8.91. The minimum absolute atomic E-state index is 0.611. The first-order chi connectivity index (χ1) is 11.6. The predicted molar refractivity (Wildman–Crippen MR) is 109 cm³/mol. The van der Waals surface area contributed by atoms with Crippen LogP contribution in [0.1, 0.15) is 16.7 Å². The number of pyridine rings is 1. The summed E-state index contributed by atoms with van der Waals surface area (Å²) in [5.74, 6) is 0.739. The number of hydrogen-bond acceptors (Lipinski definition) is 3. The summed E-state index contributed by atoms with van der Waals surface area (Å²) in [5, 5.41) is 3.86. The number of nitrogens with one attached hydrogen (secondary N) is 1. The van der Waals surface area contributed by atoms with E-state index in [0.717, 1.165) is 37.5 Å². The third kappa shape index (κ3) is 3.66. The van der Waals surface area contributed by atoms with Gasteiger partial charge in [0.05, 0.1) is 14.4 Å². The normalized spacial score (nSPS) is 10.5. The molecule has 0 unspecified atom stereocenters. The van der Waals surface area contributed by atoms with Gasteiger partial charge < -0.3 is 5.32 Å². The molecule has 2 nitrogen and oxygen atoms in total. The molecule has 0 aliphatic rings. The van der Waals surface area contributed by atoms with E-state index in [1.807, 2.05) is 61.5 Å². The highest BCUT2D eigenvalue weighted by Gasteiger charge is 2.12. The molecular formula is C19H14BrClN2S. The summed E-state index contributed by atoms with van der Waals surface area (Å²) in [7, 11) is 0. The molecule has 120 valence electrons. The molecule has 0 radical (unpaired) electrons. The maximum Gasteiger partial charge on any atom is 0.144 e. The Balaban J connectivity index is 1.89. The minimum atomic E-state index is 0.611. The van der Waals surface area contributed by atoms with Crippen LogP contribution in [0.4, 0.5) is 11.5 Å². The van der Waals surface area contributed by atoms with Crippen LogP contribution in [0.15, 0.2) is 65.3 Å². The fourth-order valence-corrected chi connectivity index (χ4v) is 3.46. The van der Waals surface area contributed by atoms with Gasteiger partial charge in [-0.2, -0.15) is 0 Å². The SMILES string of the molecule is Cc1ccccc1C(=S)c1ccc(Nc2ncccc2Br)cc1Cl. The van der Waals surface area contributed by atoms with Crippen molar-refractivity contribution in [1.82, 2.24) is 4.98 Å². The monoisotopic (exact) mass is 416 g/mol. The van der Waals surface area contributed by atoms with Crippen molar-refractivity contribution < 1.29 is 0 Å². The van der Waals surface area contributed by atoms with Gasteiger partial charge in [0, 0.05) is 17.4 Å². The fourth-order valence-electron chi connectivity index (χ4n) is 2.36. The van der Waals surface area contributed by atoms with Crippen LogP contribution in [0.2, 0.25) is 5.02 Å². The van der Waals surface area contributed by atoms with Crippen LogP contribution < -0.4 is 5.32 Å². The second-order valence-corrected chi connectivity index (χ2v) is 6.97. The van der Waals surface area contributed by atoms with Crippen molar-refractivity contribution in [1.29, 1.82) is 0 Å². The number of benzene rings is 2. The molecule has 0 spiro atoms. The second-order valence-electron chi connectivity index (χ2n) is 5.30. The maximum atomic E-state index is 6.47. The zero-order valence-electron chi connectivity index (χ0n) is 12.9. The molecule has 0 amide bonds. The fraction of sp³-hybridized carbons (Fsp3) is 0.0526. The summed E-state index contributed by atoms with van der Waals surface area (Å²) in [5.41, 5.74) is 3.88. The van der Waals surface area contributed by atoms with E-state index in [0.29, 0.717) is 5.02 Å². The Morgan fingerprint density at radius 3 is 2.58 bits per heavy atom. The number of thiocarbonyl (C=S) groups is 1. The van der Waals surface area contributed by atoms with E-state index in [1.54, 1.807) is 6.20 Å². The molecule has 0 aliphatic carbocycles. The quantitative estimate of drug-likeness (QED) is 0.397. The van der Waals surface area contributed by atoms with Crippen LogP contribution in [0.5, 0.6) is 0 Å². The number of aryl methyl sites for hydroxylation is 1. The zero-order chi connectivity index (χ0) is 17.1. The largest absolute Gasteiger partial charge is 0.339 e. The average molecular weight is 418 g/mol. The molecule has 0 saturated heterocycles. The summed E-state index contributed by atoms with van der Waals surface area (Å²) in [6.07, 6.45) is 1.73. The molecule has 2 aromatic carbocycles. The van der Waals surface area contributed by atoms with Gasteiger partial charge in [-0.05, 0) is 64.3 Å². The van der Waals surface area contributed by atoms with Gasteiger partial charge in [0.15, 0.2) is 0 Å². The van der Waals surface area contributed by atoms with E-state index in [2.05, 4.69) is 26.2 Å². The lowest BCUT2D eigenvalue weighted by atomic mass is 10.00. The number of hydrogen-bond donors (Lipinski definition) is 1. The molecule has 1 heterocycles. The van der Waals surface area contributed by atoms with Crippen LogP contribution in [-0.4, -0.2) is 9.85 Å². The topological polar surface area (TPSA) is 24.9 Å². The van der Waals surface area contributed by atoms with Gasteiger partial charge in [0.2, 0.25) is 0 Å². The first-order valence-electron chi connectivity index (χ1n) is 7.33. The third-order valence-corrected chi connectivity index (χ3v) is 5.02. The van der Waals surface area contributed by atoms with Crippen molar-refractivity contribution in [2.75, 3.05) is 5.32 Å². The Hall–Kier alpha value is -1.75. The highest BCUT2D eigenvalue weighted by molar-refractivity contribution is 9.10. The van der Waals surface area contributed by atoms with Crippen molar-refractivity contribution in [2.24, 2.45) is 0 Å². The van der Waals surface area contributed by atoms with E-state index >= 15 is 0 Å². The molecule has 1 aromatic heterocycles. The Morgan fingerprint density at radius 2 is 1.88 bits per heavy atom. The Morgan fingerprint density at radius 1 is 1.08 bits per heavy atom. The Kier molecular flexibility index (Phi) is 5.29. The lowest BCUT2D eigenvalue weighted by molar-refractivity contribution is 1.29. The van der Waals surface area contributed by atoms with Gasteiger partial charge in [0.1, 0.15) is 5.82 Å². The molecule has 0 fully saturated rings. The van der Waals surface area contributed by atoms with Gasteiger partial charge in [-0.1, -0.05) is 48.1 Å². The number of nitrogens with zero attached hydrogens (tertiary/aromatic N) is 1. The number of rotatable bonds is 4. The number of halogens is 2. The molecule has 1 N–H and O–H groups in total. The van der Waals surface area contributed by atoms with Gasteiger partial charge in [-0.15, -0.1) is 0 Å². The lowest BCUT2D eigenvalue weighted by Crippen LogP contribution is -2.03. The van der Waals surface area contributed by atoms with Gasteiger partial charge in [0.25, 0.3) is 0 Å². The molecule has 3 aromatic rings. The highest BCUT2D eigenvalue weighted by Crippen LogP contribution is 2.28. The average Bonchev–Trinajstić information content (AvgIpc) is 2.57. The summed E-state index contributed by atoms with van der Waals surface area (Å²) in [4.78, 5) is 5.05. The summed E-state index contributed by atoms with van der Waals surface area (Å²) >= 11 is 15.6. The first kappa shape index (κ1) is 17.1. The standard InChI is InChI=1S/C19H14BrClN2S/c1-12-5-2-3-6-14(12)18(24)15-9-8-13(11-17(15)21)23-19-16(20)7-4-10-22-19/h2-11H,1H3,(H,22,23). The second kappa shape index (κ2) is 7.43. The number of aromatic nitrogens is 1. The Bertz CT molecular complexity index is 911. The van der Waals surface area contributed by atoms with Crippen molar-refractivity contribution in [3.05, 3.63) is 87.0 Å². The van der Waals surface area contributed by atoms with Crippen molar-refractivity contribution in [2.45, 2.75) is 6.92 Å². The van der Waals surface area contributed by atoms with Crippen molar-refractivity contribution >= 4 is 56.1 Å². The maximum absolute atomic E-state index is 6.47. The molecule has 0 bridgehead atoms. The molecule has 0 aliphatic heterocycles. The highest BCUT2D eigenvalue weighted by atomic mass is 79.9. The predicted octanol–water partition coefficient (Wildman–Crippen LogP) is 6.32. The van der Waals surface area contributed by atoms with Crippen molar-refractivity contribution in [3.8, 4) is 0 Å². The summed E-state index contributed by atoms with van der Waals surface area (Å²) in [6.45, 7) is 2.05. The number of anilines is 2. The van der Waals surface area contributed by atoms with E-state index in [-0.39, 0.29) is 0 Å². The smallest absolute Gasteiger partial charge is 0.144 e. The van der Waals surface area contributed by atoms with Gasteiger partial charge in [-0.3, -0.25) is 0 Å². The van der Waals surface area contributed by atoms with E-state index in [1.165, 1.54) is 0 Å².